The van der Waals surface area contributed by atoms with Crippen LogP contribution in [0.4, 0.5) is 0 Å². The van der Waals surface area contributed by atoms with Gasteiger partial charge in [-0.05, 0) is 26.2 Å². The molecule has 0 saturated carbocycles. The van der Waals surface area contributed by atoms with Crippen molar-refractivity contribution in [3.8, 4) is 0 Å². The molecule has 4 heteroatoms. The Hall–Kier alpha value is -0.610. The van der Waals surface area contributed by atoms with Crippen molar-refractivity contribution in [2.75, 3.05) is 13.2 Å². The summed E-state index contributed by atoms with van der Waals surface area (Å²) in [6.45, 7) is 2.70. The van der Waals surface area contributed by atoms with Crippen LogP contribution in [0.25, 0.3) is 0 Å². The van der Waals surface area contributed by atoms with Crippen LogP contribution in [0, 0.1) is 0 Å². The lowest BCUT2D eigenvalue weighted by Gasteiger charge is -2.23. The van der Waals surface area contributed by atoms with Gasteiger partial charge < -0.3 is 14.6 Å². The van der Waals surface area contributed by atoms with Crippen LogP contribution in [0.1, 0.15) is 26.2 Å². The van der Waals surface area contributed by atoms with Crippen molar-refractivity contribution in [1.82, 2.24) is 0 Å². The van der Waals surface area contributed by atoms with Crippen molar-refractivity contribution in [3.63, 3.8) is 0 Å². The van der Waals surface area contributed by atoms with Gasteiger partial charge in [-0.25, -0.2) is 4.79 Å². The standard InChI is InChI=1S/C9H16O4/c1-7(9(10)11)13-6-8-4-2-3-5-12-8/h7-8H,2-6H2,1H3,(H,10,11)/t7-,8-/m1/s1. The Balaban J connectivity index is 2.13. The van der Waals surface area contributed by atoms with Crippen molar-refractivity contribution in [2.24, 2.45) is 0 Å². The minimum atomic E-state index is -0.921. The van der Waals surface area contributed by atoms with Gasteiger partial charge in [0.1, 0.15) is 0 Å². The number of carbonyl (C=O) groups is 1. The Morgan fingerprint density at radius 1 is 1.69 bits per heavy atom. The van der Waals surface area contributed by atoms with Gasteiger partial charge in [-0.15, -0.1) is 0 Å². The predicted molar refractivity (Wildman–Crippen MR) is 46.6 cm³/mol. The fourth-order valence-corrected chi connectivity index (χ4v) is 1.26. The Morgan fingerprint density at radius 3 is 3.00 bits per heavy atom. The molecule has 1 aliphatic heterocycles. The second-order valence-electron chi connectivity index (χ2n) is 3.30. The van der Waals surface area contributed by atoms with E-state index in [-0.39, 0.29) is 6.10 Å². The van der Waals surface area contributed by atoms with E-state index in [1.807, 2.05) is 0 Å². The number of rotatable bonds is 4. The second-order valence-corrected chi connectivity index (χ2v) is 3.30. The molecule has 0 unspecified atom stereocenters. The van der Waals surface area contributed by atoms with E-state index in [0.29, 0.717) is 6.61 Å². The molecule has 1 heterocycles. The monoisotopic (exact) mass is 188 g/mol. The van der Waals surface area contributed by atoms with E-state index in [1.165, 1.54) is 6.92 Å². The maximum atomic E-state index is 10.4. The molecule has 1 aliphatic rings. The molecule has 13 heavy (non-hydrogen) atoms. The lowest BCUT2D eigenvalue weighted by Crippen LogP contribution is -2.29. The molecular formula is C9H16O4. The van der Waals surface area contributed by atoms with Crippen LogP contribution in [0.3, 0.4) is 0 Å². The zero-order valence-electron chi connectivity index (χ0n) is 7.86. The molecule has 76 valence electrons. The first kappa shape index (κ1) is 10.5. The molecule has 1 saturated heterocycles. The summed E-state index contributed by atoms with van der Waals surface area (Å²) in [5.41, 5.74) is 0. The molecule has 1 rings (SSSR count). The van der Waals surface area contributed by atoms with Gasteiger partial charge in [0.2, 0.25) is 0 Å². The van der Waals surface area contributed by atoms with Gasteiger partial charge in [0.05, 0.1) is 12.7 Å². The maximum Gasteiger partial charge on any atom is 0.332 e. The first-order valence-electron chi connectivity index (χ1n) is 4.66. The van der Waals surface area contributed by atoms with Gasteiger partial charge in [0, 0.05) is 6.61 Å². The van der Waals surface area contributed by atoms with E-state index in [1.54, 1.807) is 0 Å². The molecule has 0 aromatic rings. The zero-order chi connectivity index (χ0) is 9.68. The molecule has 0 amide bonds. The van der Waals surface area contributed by atoms with Gasteiger partial charge in [0.15, 0.2) is 6.10 Å². The summed E-state index contributed by atoms with van der Waals surface area (Å²) < 4.78 is 10.5. The van der Waals surface area contributed by atoms with Crippen LogP contribution < -0.4 is 0 Å². The Kier molecular flexibility index (Phi) is 4.18. The number of carboxylic acid groups (broad SMARTS) is 1. The normalized spacial score (nSPS) is 25.5. The van der Waals surface area contributed by atoms with E-state index in [9.17, 15) is 4.79 Å². The lowest BCUT2D eigenvalue weighted by molar-refractivity contribution is -0.152. The third-order valence-corrected chi connectivity index (χ3v) is 2.15. The SMILES string of the molecule is C[C@@H](OC[C@H]1CCCCO1)C(=O)O. The third-order valence-electron chi connectivity index (χ3n) is 2.15. The van der Waals surface area contributed by atoms with Crippen molar-refractivity contribution in [3.05, 3.63) is 0 Å². The van der Waals surface area contributed by atoms with Crippen molar-refractivity contribution in [2.45, 2.75) is 38.4 Å². The largest absolute Gasteiger partial charge is 0.479 e. The van der Waals surface area contributed by atoms with Crippen LogP contribution in [0.15, 0.2) is 0 Å². The van der Waals surface area contributed by atoms with Crippen molar-refractivity contribution < 1.29 is 19.4 Å². The second kappa shape index (κ2) is 5.19. The Morgan fingerprint density at radius 2 is 2.46 bits per heavy atom. The highest BCUT2D eigenvalue weighted by atomic mass is 16.5. The predicted octanol–water partition coefficient (Wildman–Crippen LogP) is 1.05. The fourth-order valence-electron chi connectivity index (χ4n) is 1.26. The molecule has 0 bridgehead atoms. The molecule has 1 fully saturated rings. The van der Waals surface area contributed by atoms with Crippen LogP contribution in [0.2, 0.25) is 0 Å². The highest BCUT2D eigenvalue weighted by Crippen LogP contribution is 2.13. The first-order valence-corrected chi connectivity index (χ1v) is 4.66. The maximum absolute atomic E-state index is 10.4. The van der Waals surface area contributed by atoms with Gasteiger partial charge in [-0.2, -0.15) is 0 Å². The smallest absolute Gasteiger partial charge is 0.332 e. The van der Waals surface area contributed by atoms with E-state index >= 15 is 0 Å². The van der Waals surface area contributed by atoms with Gasteiger partial charge in [-0.3, -0.25) is 0 Å². The van der Waals surface area contributed by atoms with Crippen molar-refractivity contribution in [1.29, 1.82) is 0 Å². The summed E-state index contributed by atoms with van der Waals surface area (Å²) >= 11 is 0. The summed E-state index contributed by atoms with van der Waals surface area (Å²) in [5.74, 6) is -0.921. The molecule has 0 aromatic heterocycles. The minimum absolute atomic E-state index is 0.0931. The van der Waals surface area contributed by atoms with E-state index in [4.69, 9.17) is 14.6 Å². The quantitative estimate of drug-likeness (QED) is 0.716. The molecule has 0 radical (unpaired) electrons. The lowest BCUT2D eigenvalue weighted by atomic mass is 10.1. The highest BCUT2D eigenvalue weighted by Gasteiger charge is 2.17. The average molecular weight is 188 g/mol. The minimum Gasteiger partial charge on any atom is -0.479 e. The van der Waals surface area contributed by atoms with Crippen LogP contribution in [-0.2, 0) is 14.3 Å². The molecule has 2 atom stereocenters. The van der Waals surface area contributed by atoms with Gasteiger partial charge in [-0.1, -0.05) is 0 Å². The van der Waals surface area contributed by atoms with E-state index < -0.39 is 12.1 Å². The number of ether oxygens (including phenoxy) is 2. The fraction of sp³-hybridized carbons (Fsp3) is 0.889. The number of aliphatic carboxylic acids is 1. The summed E-state index contributed by atoms with van der Waals surface area (Å²) in [6.07, 6.45) is 2.59. The number of hydrogen-bond donors (Lipinski definition) is 1. The molecule has 0 aliphatic carbocycles. The topological polar surface area (TPSA) is 55.8 Å². The van der Waals surface area contributed by atoms with Gasteiger partial charge >= 0.3 is 5.97 Å². The molecule has 1 N–H and O–H groups in total. The van der Waals surface area contributed by atoms with Crippen LogP contribution >= 0.6 is 0 Å². The number of hydrogen-bond acceptors (Lipinski definition) is 3. The van der Waals surface area contributed by atoms with Crippen molar-refractivity contribution >= 4 is 5.97 Å². The van der Waals surface area contributed by atoms with E-state index in [0.717, 1.165) is 25.9 Å². The first-order chi connectivity index (χ1) is 6.20. The Labute approximate surface area is 77.8 Å². The Bertz CT molecular complexity index is 163. The summed E-state index contributed by atoms with van der Waals surface area (Å²) in [4.78, 5) is 10.4. The number of carboxylic acids is 1. The van der Waals surface area contributed by atoms with Gasteiger partial charge in [0.25, 0.3) is 0 Å². The third kappa shape index (κ3) is 3.74. The van der Waals surface area contributed by atoms with Crippen LogP contribution in [-0.4, -0.2) is 36.5 Å². The summed E-state index contributed by atoms with van der Waals surface area (Å²) in [6, 6.07) is 0. The van der Waals surface area contributed by atoms with E-state index in [2.05, 4.69) is 0 Å². The summed E-state index contributed by atoms with van der Waals surface area (Å²) in [7, 11) is 0. The molecule has 4 nitrogen and oxygen atoms in total. The summed E-state index contributed by atoms with van der Waals surface area (Å²) in [5, 5.41) is 8.55. The zero-order valence-corrected chi connectivity index (χ0v) is 7.86. The molecule has 0 spiro atoms. The van der Waals surface area contributed by atoms with Crippen LogP contribution in [0.5, 0.6) is 0 Å². The molecular weight excluding hydrogens is 172 g/mol. The highest BCUT2D eigenvalue weighted by molar-refractivity contribution is 5.71. The average Bonchev–Trinajstić information content (AvgIpc) is 2.15. The molecule has 0 aromatic carbocycles.